The molecular formula is C15H20N2O. The second-order valence-corrected chi connectivity index (χ2v) is 3.77. The summed E-state index contributed by atoms with van der Waals surface area (Å²) in [6.07, 6.45) is 3.87. The van der Waals surface area contributed by atoms with Crippen LogP contribution in [-0.4, -0.2) is 12.5 Å². The molecule has 3 nitrogen and oxygen atoms in total. The second-order valence-electron chi connectivity index (χ2n) is 3.77. The van der Waals surface area contributed by atoms with E-state index in [-0.39, 0.29) is 5.91 Å². The summed E-state index contributed by atoms with van der Waals surface area (Å²) in [4.78, 5) is 11.8. The highest BCUT2D eigenvalue weighted by Crippen LogP contribution is 2.03. The molecule has 1 aromatic carbocycles. The third-order valence-electron chi connectivity index (χ3n) is 2.38. The molecule has 1 aliphatic heterocycles. The molecule has 3 heteroatoms. The van der Waals surface area contributed by atoms with E-state index in [4.69, 9.17) is 0 Å². The van der Waals surface area contributed by atoms with E-state index < -0.39 is 0 Å². The third-order valence-corrected chi connectivity index (χ3v) is 2.38. The number of carbonyl (C=O) groups is 1. The average molecular weight is 244 g/mol. The first-order chi connectivity index (χ1) is 8.75. The minimum absolute atomic E-state index is 0.0905. The quantitative estimate of drug-likeness (QED) is 0.840. The number of amides is 1. The number of nitrogens with one attached hydrogen (secondary N) is 2. The molecule has 0 unspecified atom stereocenters. The predicted octanol–water partition coefficient (Wildman–Crippen LogP) is 2.83. The Morgan fingerprint density at radius 1 is 1.17 bits per heavy atom. The molecule has 0 saturated carbocycles. The highest BCUT2D eigenvalue weighted by atomic mass is 16.1. The Balaban J connectivity index is 0.000000771. The molecule has 0 atom stereocenters. The van der Waals surface area contributed by atoms with Gasteiger partial charge in [-0.25, -0.2) is 0 Å². The van der Waals surface area contributed by atoms with Crippen molar-refractivity contribution in [2.24, 2.45) is 0 Å². The minimum atomic E-state index is -0.0905. The van der Waals surface area contributed by atoms with E-state index in [9.17, 15) is 4.79 Å². The van der Waals surface area contributed by atoms with Crippen molar-refractivity contribution in [3.8, 4) is 0 Å². The maximum atomic E-state index is 11.8. The fourth-order valence-corrected chi connectivity index (χ4v) is 1.45. The lowest BCUT2D eigenvalue weighted by molar-refractivity contribution is 0.0963. The fraction of sp³-hybridized carbons (Fsp3) is 0.267. The van der Waals surface area contributed by atoms with Gasteiger partial charge in [-0.05, 0) is 25.1 Å². The largest absolute Gasteiger partial charge is 0.368 e. The van der Waals surface area contributed by atoms with E-state index in [1.165, 1.54) is 5.57 Å². The van der Waals surface area contributed by atoms with Crippen molar-refractivity contribution in [3.05, 3.63) is 59.4 Å². The smallest absolute Gasteiger partial charge is 0.256 e. The number of carbonyl (C=O) groups excluding carboxylic acids is 1. The molecule has 96 valence electrons. The molecular weight excluding hydrogens is 224 g/mol. The van der Waals surface area contributed by atoms with Gasteiger partial charge in [0.25, 0.3) is 5.91 Å². The van der Waals surface area contributed by atoms with Crippen molar-refractivity contribution >= 4 is 5.91 Å². The monoisotopic (exact) mass is 244 g/mol. The zero-order chi connectivity index (χ0) is 13.4. The lowest BCUT2D eigenvalue weighted by Gasteiger charge is -2.15. The van der Waals surface area contributed by atoms with Crippen LogP contribution in [0, 0.1) is 0 Å². The van der Waals surface area contributed by atoms with Crippen LogP contribution in [0.1, 0.15) is 31.1 Å². The van der Waals surface area contributed by atoms with Crippen molar-refractivity contribution in [1.82, 2.24) is 10.6 Å². The first-order valence-electron chi connectivity index (χ1n) is 6.23. The van der Waals surface area contributed by atoms with Gasteiger partial charge in [0.05, 0.1) is 0 Å². The molecule has 0 aromatic heterocycles. The summed E-state index contributed by atoms with van der Waals surface area (Å²) in [7, 11) is 0. The molecule has 0 spiro atoms. The molecule has 0 saturated heterocycles. The van der Waals surface area contributed by atoms with E-state index in [0.29, 0.717) is 5.56 Å². The number of hydrogen-bond acceptors (Lipinski definition) is 2. The molecule has 0 aliphatic carbocycles. The zero-order valence-corrected chi connectivity index (χ0v) is 11.2. The van der Waals surface area contributed by atoms with Crippen LogP contribution in [0.15, 0.2) is 53.9 Å². The topological polar surface area (TPSA) is 41.1 Å². The van der Waals surface area contributed by atoms with Crippen LogP contribution in [0.2, 0.25) is 0 Å². The van der Waals surface area contributed by atoms with Crippen molar-refractivity contribution in [1.29, 1.82) is 0 Å². The van der Waals surface area contributed by atoms with Crippen LogP contribution < -0.4 is 10.6 Å². The normalized spacial score (nSPS) is 13.3. The molecule has 2 N–H and O–H groups in total. The Hall–Kier alpha value is -2.03. The lowest BCUT2D eigenvalue weighted by Crippen LogP contribution is -2.33. The van der Waals surface area contributed by atoms with E-state index in [1.54, 1.807) is 12.1 Å². The summed E-state index contributed by atoms with van der Waals surface area (Å²) in [5.74, 6) is 0.659. The van der Waals surface area contributed by atoms with Crippen molar-refractivity contribution in [3.63, 3.8) is 0 Å². The van der Waals surface area contributed by atoms with Crippen LogP contribution in [0.3, 0.4) is 0 Å². The number of hydrogen-bond donors (Lipinski definition) is 2. The summed E-state index contributed by atoms with van der Waals surface area (Å²) in [6, 6.07) is 9.17. The molecule has 0 fully saturated rings. The molecule has 1 aromatic rings. The Morgan fingerprint density at radius 3 is 2.39 bits per heavy atom. The van der Waals surface area contributed by atoms with Gasteiger partial charge in [-0.2, -0.15) is 0 Å². The van der Waals surface area contributed by atoms with Crippen LogP contribution >= 0.6 is 0 Å². The summed E-state index contributed by atoms with van der Waals surface area (Å²) < 4.78 is 0. The summed E-state index contributed by atoms with van der Waals surface area (Å²) in [5.41, 5.74) is 1.91. The zero-order valence-electron chi connectivity index (χ0n) is 11.2. The Labute approximate surface area is 109 Å². The summed E-state index contributed by atoms with van der Waals surface area (Å²) >= 11 is 0. The Kier molecular flexibility index (Phi) is 5.71. The molecule has 1 amide bonds. The third kappa shape index (κ3) is 4.09. The van der Waals surface area contributed by atoms with Crippen molar-refractivity contribution in [2.45, 2.75) is 20.8 Å². The van der Waals surface area contributed by atoms with Crippen molar-refractivity contribution < 1.29 is 4.79 Å². The highest BCUT2D eigenvalue weighted by molar-refractivity contribution is 5.95. The van der Waals surface area contributed by atoms with E-state index in [0.717, 1.165) is 12.4 Å². The van der Waals surface area contributed by atoms with Gasteiger partial charge in [0.1, 0.15) is 5.82 Å². The van der Waals surface area contributed by atoms with Crippen LogP contribution in [0.4, 0.5) is 0 Å². The van der Waals surface area contributed by atoms with Gasteiger partial charge in [-0.3, -0.25) is 4.79 Å². The Morgan fingerprint density at radius 2 is 1.83 bits per heavy atom. The maximum absolute atomic E-state index is 11.8. The van der Waals surface area contributed by atoms with Gasteiger partial charge >= 0.3 is 0 Å². The molecule has 1 aliphatic rings. The van der Waals surface area contributed by atoms with Gasteiger partial charge in [-0.1, -0.05) is 43.7 Å². The van der Waals surface area contributed by atoms with E-state index in [1.807, 2.05) is 51.1 Å². The lowest BCUT2D eigenvalue weighted by atomic mass is 10.2. The van der Waals surface area contributed by atoms with Crippen LogP contribution in [-0.2, 0) is 0 Å². The maximum Gasteiger partial charge on any atom is 0.256 e. The SMILES string of the molecule is CC.CC1=CC=C(NC(=O)c2ccccc2)NC1. The van der Waals surface area contributed by atoms with Gasteiger partial charge < -0.3 is 10.6 Å². The van der Waals surface area contributed by atoms with Gasteiger partial charge in [0, 0.05) is 12.1 Å². The Bertz CT molecular complexity index is 447. The summed E-state index contributed by atoms with van der Waals surface area (Å²) in [5, 5.41) is 5.95. The van der Waals surface area contributed by atoms with Crippen LogP contribution in [0.25, 0.3) is 0 Å². The number of benzene rings is 1. The van der Waals surface area contributed by atoms with E-state index in [2.05, 4.69) is 10.6 Å². The standard InChI is InChI=1S/C13H14N2O.C2H6/c1-10-7-8-12(14-9-10)15-13(16)11-5-3-2-4-6-11;1-2/h2-8,14H,9H2,1H3,(H,15,16);1-2H3. The first kappa shape index (κ1) is 14.0. The van der Waals surface area contributed by atoms with Gasteiger partial charge in [0.15, 0.2) is 0 Å². The molecule has 0 bridgehead atoms. The van der Waals surface area contributed by atoms with Crippen molar-refractivity contribution in [2.75, 3.05) is 6.54 Å². The fourth-order valence-electron chi connectivity index (χ4n) is 1.45. The van der Waals surface area contributed by atoms with Gasteiger partial charge in [-0.15, -0.1) is 0 Å². The first-order valence-corrected chi connectivity index (χ1v) is 6.23. The summed E-state index contributed by atoms with van der Waals surface area (Å²) in [6.45, 7) is 6.82. The second kappa shape index (κ2) is 7.33. The number of rotatable bonds is 2. The number of dihydropyridines is 1. The molecule has 2 rings (SSSR count). The predicted molar refractivity (Wildman–Crippen MR) is 75.1 cm³/mol. The minimum Gasteiger partial charge on any atom is -0.368 e. The highest BCUT2D eigenvalue weighted by Gasteiger charge is 2.08. The van der Waals surface area contributed by atoms with Crippen LogP contribution in [0.5, 0.6) is 0 Å². The van der Waals surface area contributed by atoms with E-state index >= 15 is 0 Å². The van der Waals surface area contributed by atoms with Gasteiger partial charge in [0.2, 0.25) is 0 Å². The average Bonchev–Trinajstić information content (AvgIpc) is 2.44. The molecule has 18 heavy (non-hydrogen) atoms. The molecule has 1 heterocycles. The molecule has 0 radical (unpaired) electrons. The number of allylic oxidation sites excluding steroid dienone is 2.